The summed E-state index contributed by atoms with van der Waals surface area (Å²) in [5.41, 5.74) is 0.943. The Morgan fingerprint density at radius 1 is 1.73 bits per heavy atom. The summed E-state index contributed by atoms with van der Waals surface area (Å²) in [7, 11) is 0. The molecule has 1 N–H and O–H groups in total. The summed E-state index contributed by atoms with van der Waals surface area (Å²) in [6.45, 7) is 6.65. The molecule has 1 aliphatic rings. The lowest BCUT2D eigenvalue weighted by molar-refractivity contribution is 0.110. The van der Waals surface area contributed by atoms with E-state index in [-0.39, 0.29) is 12.7 Å². The lowest BCUT2D eigenvalue weighted by Gasteiger charge is -2.15. The molecule has 0 aromatic heterocycles. The first-order valence-corrected chi connectivity index (χ1v) is 5.01. The molecule has 1 amide bonds. The third-order valence-corrected chi connectivity index (χ3v) is 2.25. The number of ether oxygens (including phenoxy) is 1. The quantitative estimate of drug-likeness (QED) is 0.716. The number of likely N-dealkylation sites (tertiary alicyclic amines) is 1. The lowest BCUT2D eigenvalue weighted by atomic mass is 10.3. The molecule has 0 spiro atoms. The molecular formula is C11H17NO3. The average Bonchev–Trinajstić information content (AvgIpc) is 2.62. The van der Waals surface area contributed by atoms with Crippen LogP contribution in [-0.2, 0) is 4.74 Å². The SMILES string of the molecule is C=C/C=C(\C)COC(=O)N1CC[C@@H](O)C1. The van der Waals surface area contributed by atoms with Crippen LogP contribution in [0, 0.1) is 0 Å². The van der Waals surface area contributed by atoms with Crippen molar-refractivity contribution in [1.82, 2.24) is 4.90 Å². The van der Waals surface area contributed by atoms with E-state index in [9.17, 15) is 9.90 Å². The minimum Gasteiger partial charge on any atom is -0.445 e. The normalized spacial score (nSPS) is 21.6. The summed E-state index contributed by atoms with van der Waals surface area (Å²) in [5, 5.41) is 9.24. The number of aliphatic hydroxyl groups excluding tert-OH is 1. The molecule has 0 aliphatic carbocycles. The fourth-order valence-corrected chi connectivity index (χ4v) is 1.42. The van der Waals surface area contributed by atoms with Gasteiger partial charge in [0.25, 0.3) is 0 Å². The van der Waals surface area contributed by atoms with Crippen LogP contribution < -0.4 is 0 Å². The van der Waals surface area contributed by atoms with Crippen molar-refractivity contribution < 1.29 is 14.6 Å². The molecule has 0 radical (unpaired) electrons. The van der Waals surface area contributed by atoms with Gasteiger partial charge in [-0.25, -0.2) is 4.79 Å². The van der Waals surface area contributed by atoms with Crippen molar-refractivity contribution in [2.24, 2.45) is 0 Å². The third-order valence-electron chi connectivity index (χ3n) is 2.25. The number of carbonyl (C=O) groups excluding carboxylic acids is 1. The summed E-state index contributed by atoms with van der Waals surface area (Å²) in [5.74, 6) is 0. The molecule has 0 bridgehead atoms. The van der Waals surface area contributed by atoms with E-state index in [0.29, 0.717) is 19.5 Å². The fraction of sp³-hybridized carbons (Fsp3) is 0.545. The minimum atomic E-state index is -0.401. The largest absolute Gasteiger partial charge is 0.445 e. The Hall–Kier alpha value is -1.29. The maximum atomic E-state index is 11.4. The Morgan fingerprint density at radius 2 is 2.47 bits per heavy atom. The number of β-amino-alcohol motifs (C(OH)–C–C–N with tert-alkyl or cyclic N) is 1. The zero-order valence-corrected chi connectivity index (χ0v) is 8.98. The predicted octanol–water partition coefficient (Wildman–Crippen LogP) is 1.32. The van der Waals surface area contributed by atoms with Gasteiger partial charge in [-0.3, -0.25) is 0 Å². The molecule has 1 saturated heterocycles. The number of hydrogen-bond acceptors (Lipinski definition) is 3. The van der Waals surface area contributed by atoms with Crippen molar-refractivity contribution >= 4 is 6.09 Å². The van der Waals surface area contributed by atoms with Crippen LogP contribution in [0.15, 0.2) is 24.3 Å². The maximum absolute atomic E-state index is 11.4. The van der Waals surface area contributed by atoms with Crippen LogP contribution in [-0.4, -0.2) is 41.9 Å². The highest BCUT2D eigenvalue weighted by Gasteiger charge is 2.25. The van der Waals surface area contributed by atoms with Gasteiger partial charge in [0.15, 0.2) is 0 Å². The molecule has 4 nitrogen and oxygen atoms in total. The Bertz CT molecular complexity index is 273. The zero-order valence-electron chi connectivity index (χ0n) is 8.98. The number of rotatable bonds is 3. The second-order valence-electron chi connectivity index (χ2n) is 3.69. The highest BCUT2D eigenvalue weighted by molar-refractivity contribution is 5.68. The van der Waals surface area contributed by atoms with E-state index < -0.39 is 6.10 Å². The molecule has 0 unspecified atom stereocenters. The van der Waals surface area contributed by atoms with Crippen LogP contribution >= 0.6 is 0 Å². The van der Waals surface area contributed by atoms with Crippen LogP contribution in [0.4, 0.5) is 4.79 Å². The molecule has 1 fully saturated rings. The Balaban J connectivity index is 2.30. The number of carbonyl (C=O) groups is 1. The monoisotopic (exact) mass is 211 g/mol. The van der Waals surface area contributed by atoms with Crippen LogP contribution in [0.25, 0.3) is 0 Å². The molecule has 0 saturated carbocycles. The molecule has 1 heterocycles. The van der Waals surface area contributed by atoms with Gasteiger partial charge in [0, 0.05) is 13.1 Å². The molecule has 84 valence electrons. The van der Waals surface area contributed by atoms with Crippen molar-refractivity contribution in [3.05, 3.63) is 24.3 Å². The maximum Gasteiger partial charge on any atom is 0.410 e. The third kappa shape index (κ3) is 3.75. The van der Waals surface area contributed by atoms with E-state index in [4.69, 9.17) is 4.74 Å². The standard InChI is InChI=1S/C11H17NO3/c1-3-4-9(2)8-15-11(14)12-6-5-10(13)7-12/h3-4,10,13H,1,5-8H2,2H3/b9-4+/t10-/m1/s1. The van der Waals surface area contributed by atoms with E-state index in [1.807, 2.05) is 6.92 Å². The van der Waals surface area contributed by atoms with Gasteiger partial charge in [-0.15, -0.1) is 0 Å². The number of hydrogen-bond donors (Lipinski definition) is 1. The minimum absolute atomic E-state index is 0.275. The lowest BCUT2D eigenvalue weighted by Crippen LogP contribution is -2.30. The molecule has 1 atom stereocenters. The van der Waals surface area contributed by atoms with Gasteiger partial charge in [-0.05, 0) is 18.9 Å². The van der Waals surface area contributed by atoms with Gasteiger partial charge in [-0.1, -0.05) is 18.7 Å². The van der Waals surface area contributed by atoms with Crippen molar-refractivity contribution in [2.45, 2.75) is 19.4 Å². The van der Waals surface area contributed by atoms with Crippen LogP contribution in [0.5, 0.6) is 0 Å². The molecule has 0 aromatic rings. The van der Waals surface area contributed by atoms with Gasteiger partial charge < -0.3 is 14.7 Å². The highest BCUT2D eigenvalue weighted by atomic mass is 16.6. The van der Waals surface area contributed by atoms with Gasteiger partial charge in [0.1, 0.15) is 6.61 Å². The topological polar surface area (TPSA) is 49.8 Å². The first kappa shape index (κ1) is 11.8. The Kier molecular flexibility index (Phi) is 4.37. The average molecular weight is 211 g/mol. The molecule has 15 heavy (non-hydrogen) atoms. The van der Waals surface area contributed by atoms with E-state index >= 15 is 0 Å². The van der Waals surface area contributed by atoms with Gasteiger partial charge in [0.05, 0.1) is 6.10 Å². The van der Waals surface area contributed by atoms with Crippen molar-refractivity contribution in [3.8, 4) is 0 Å². The number of allylic oxidation sites excluding steroid dienone is 2. The molecule has 0 aromatic carbocycles. The smallest absolute Gasteiger partial charge is 0.410 e. The molecular weight excluding hydrogens is 194 g/mol. The van der Waals surface area contributed by atoms with Gasteiger partial charge in [-0.2, -0.15) is 0 Å². The van der Waals surface area contributed by atoms with Crippen molar-refractivity contribution in [2.75, 3.05) is 19.7 Å². The summed E-state index contributed by atoms with van der Waals surface area (Å²) in [4.78, 5) is 13.0. The van der Waals surface area contributed by atoms with Crippen molar-refractivity contribution in [3.63, 3.8) is 0 Å². The van der Waals surface area contributed by atoms with Crippen LogP contribution in [0.2, 0.25) is 0 Å². The van der Waals surface area contributed by atoms with Gasteiger partial charge in [0.2, 0.25) is 0 Å². The summed E-state index contributed by atoms with van der Waals surface area (Å²) in [6, 6.07) is 0. The second kappa shape index (κ2) is 5.56. The number of amides is 1. The predicted molar refractivity (Wildman–Crippen MR) is 57.5 cm³/mol. The number of aliphatic hydroxyl groups is 1. The van der Waals surface area contributed by atoms with E-state index in [0.717, 1.165) is 5.57 Å². The van der Waals surface area contributed by atoms with E-state index in [2.05, 4.69) is 6.58 Å². The van der Waals surface area contributed by atoms with Crippen LogP contribution in [0.1, 0.15) is 13.3 Å². The zero-order chi connectivity index (χ0) is 11.3. The fourth-order valence-electron chi connectivity index (χ4n) is 1.42. The van der Waals surface area contributed by atoms with Crippen molar-refractivity contribution in [1.29, 1.82) is 0 Å². The highest BCUT2D eigenvalue weighted by Crippen LogP contribution is 2.10. The first-order chi connectivity index (χ1) is 7.13. The summed E-state index contributed by atoms with van der Waals surface area (Å²) < 4.78 is 5.05. The molecule has 1 rings (SSSR count). The number of nitrogens with zero attached hydrogens (tertiary/aromatic N) is 1. The molecule has 1 aliphatic heterocycles. The summed E-state index contributed by atoms with van der Waals surface area (Å²) in [6.07, 6.45) is 3.33. The van der Waals surface area contributed by atoms with Gasteiger partial charge >= 0.3 is 6.09 Å². The van der Waals surface area contributed by atoms with Crippen LogP contribution in [0.3, 0.4) is 0 Å². The first-order valence-electron chi connectivity index (χ1n) is 5.01. The summed E-state index contributed by atoms with van der Waals surface area (Å²) >= 11 is 0. The van der Waals surface area contributed by atoms with E-state index in [1.165, 1.54) is 4.90 Å². The second-order valence-corrected chi connectivity index (χ2v) is 3.69. The Labute approximate surface area is 89.8 Å². The Morgan fingerprint density at radius 3 is 3.00 bits per heavy atom. The van der Waals surface area contributed by atoms with E-state index in [1.54, 1.807) is 12.2 Å². The molecule has 4 heteroatoms.